The molecule has 0 unspecified atom stereocenters. The Hall–Kier alpha value is -3.53. The summed E-state index contributed by atoms with van der Waals surface area (Å²) in [5.41, 5.74) is 1.62. The fourth-order valence-corrected chi connectivity index (χ4v) is 2.10. The van der Waals surface area contributed by atoms with Gasteiger partial charge in [0, 0.05) is 30.1 Å². The summed E-state index contributed by atoms with van der Waals surface area (Å²) in [4.78, 5) is 14.6. The monoisotopic (exact) mass is 291 g/mol. The van der Waals surface area contributed by atoms with Crippen LogP contribution in [0.15, 0.2) is 54.9 Å². The molecule has 3 rings (SSSR count). The highest BCUT2D eigenvalue weighted by atomic mass is 16.6. The van der Waals surface area contributed by atoms with E-state index in [9.17, 15) is 15.4 Å². The van der Waals surface area contributed by atoms with Crippen LogP contribution >= 0.6 is 0 Å². The number of benzene rings is 1. The minimum atomic E-state index is -0.498. The third-order valence-electron chi connectivity index (χ3n) is 3.09. The van der Waals surface area contributed by atoms with E-state index in [-0.39, 0.29) is 17.1 Å². The number of pyridine rings is 1. The average molecular weight is 291 g/mol. The number of para-hydroxylation sites is 2. The van der Waals surface area contributed by atoms with Crippen LogP contribution in [0.2, 0.25) is 0 Å². The number of rotatable bonds is 3. The Kier molecular flexibility index (Phi) is 3.34. The van der Waals surface area contributed by atoms with Gasteiger partial charge >= 0.3 is 0 Å². The summed E-state index contributed by atoms with van der Waals surface area (Å²) in [5.74, 6) is 0. The average Bonchev–Trinajstić information content (AvgIpc) is 3.00. The lowest BCUT2D eigenvalue weighted by molar-refractivity contribution is -0.384. The molecule has 2 aromatic heterocycles. The molecule has 2 heterocycles. The van der Waals surface area contributed by atoms with Crippen LogP contribution in [0, 0.1) is 21.4 Å². The summed E-state index contributed by atoms with van der Waals surface area (Å²) in [5, 5.41) is 24.7. The number of hydrogen-bond acceptors (Lipinski definition) is 5. The number of nitrogens with zero attached hydrogens (tertiary/aromatic N) is 5. The van der Waals surface area contributed by atoms with Crippen molar-refractivity contribution in [1.82, 2.24) is 14.8 Å². The fourth-order valence-electron chi connectivity index (χ4n) is 2.10. The van der Waals surface area contributed by atoms with E-state index in [0.29, 0.717) is 5.69 Å². The normalized spacial score (nSPS) is 10.1. The quantitative estimate of drug-likeness (QED) is 0.546. The summed E-state index contributed by atoms with van der Waals surface area (Å²) >= 11 is 0. The predicted molar refractivity (Wildman–Crippen MR) is 78.2 cm³/mol. The van der Waals surface area contributed by atoms with Crippen molar-refractivity contribution in [3.05, 3.63) is 70.7 Å². The van der Waals surface area contributed by atoms with Crippen molar-refractivity contribution in [3.8, 4) is 23.0 Å². The van der Waals surface area contributed by atoms with Gasteiger partial charge in [-0.2, -0.15) is 10.4 Å². The minimum Gasteiger partial charge on any atom is -0.264 e. The Labute approximate surface area is 125 Å². The highest BCUT2D eigenvalue weighted by molar-refractivity contribution is 5.62. The zero-order valence-corrected chi connectivity index (χ0v) is 11.2. The van der Waals surface area contributed by atoms with E-state index in [1.807, 2.05) is 6.07 Å². The van der Waals surface area contributed by atoms with E-state index in [1.54, 1.807) is 48.8 Å². The van der Waals surface area contributed by atoms with Crippen molar-refractivity contribution in [1.29, 1.82) is 5.26 Å². The molecule has 0 amide bonds. The molecule has 3 aromatic rings. The summed E-state index contributed by atoms with van der Waals surface area (Å²) in [6.45, 7) is 0. The SMILES string of the molecule is N#Cc1cc(-c2cccnc2)nn1-c1ccccc1[N+](=O)[O-]. The Balaban J connectivity index is 2.19. The molecular formula is C15H9N5O2. The topological polar surface area (TPSA) is 97.6 Å². The molecule has 0 aliphatic heterocycles. The van der Waals surface area contributed by atoms with Crippen LogP contribution in [-0.4, -0.2) is 19.7 Å². The third-order valence-corrected chi connectivity index (χ3v) is 3.09. The first kappa shape index (κ1) is 13.5. The molecule has 0 saturated carbocycles. The van der Waals surface area contributed by atoms with Crippen molar-refractivity contribution >= 4 is 5.69 Å². The first-order valence-electron chi connectivity index (χ1n) is 6.35. The molecule has 0 bridgehead atoms. The fraction of sp³-hybridized carbons (Fsp3) is 0. The van der Waals surface area contributed by atoms with E-state index in [0.717, 1.165) is 5.56 Å². The maximum absolute atomic E-state index is 11.1. The first-order valence-corrected chi connectivity index (χ1v) is 6.35. The third kappa shape index (κ3) is 2.29. The van der Waals surface area contributed by atoms with Gasteiger partial charge in [-0.1, -0.05) is 12.1 Å². The van der Waals surface area contributed by atoms with Gasteiger partial charge in [0.2, 0.25) is 0 Å². The smallest absolute Gasteiger partial charge is 0.264 e. The van der Waals surface area contributed by atoms with Crippen molar-refractivity contribution < 1.29 is 4.92 Å². The van der Waals surface area contributed by atoms with E-state index < -0.39 is 4.92 Å². The first-order chi connectivity index (χ1) is 10.7. The Morgan fingerprint density at radius 3 is 2.73 bits per heavy atom. The van der Waals surface area contributed by atoms with Crippen LogP contribution in [-0.2, 0) is 0 Å². The summed E-state index contributed by atoms with van der Waals surface area (Å²) in [6, 6.07) is 13.3. The molecule has 0 aliphatic carbocycles. The van der Waals surface area contributed by atoms with Crippen molar-refractivity contribution in [2.75, 3.05) is 0 Å². The van der Waals surface area contributed by atoms with Crippen LogP contribution in [0.1, 0.15) is 5.69 Å². The highest BCUT2D eigenvalue weighted by Gasteiger charge is 2.19. The predicted octanol–water partition coefficient (Wildman–Crippen LogP) is 2.71. The van der Waals surface area contributed by atoms with Crippen LogP contribution < -0.4 is 0 Å². The van der Waals surface area contributed by atoms with Crippen LogP contribution in [0.5, 0.6) is 0 Å². The van der Waals surface area contributed by atoms with Crippen molar-refractivity contribution in [3.63, 3.8) is 0 Å². The van der Waals surface area contributed by atoms with E-state index in [2.05, 4.69) is 10.1 Å². The van der Waals surface area contributed by atoms with Gasteiger partial charge < -0.3 is 0 Å². The Morgan fingerprint density at radius 2 is 2.05 bits per heavy atom. The van der Waals surface area contributed by atoms with Crippen molar-refractivity contribution in [2.45, 2.75) is 0 Å². The molecule has 106 valence electrons. The molecule has 0 saturated heterocycles. The van der Waals surface area contributed by atoms with Gasteiger partial charge in [0.1, 0.15) is 17.5 Å². The van der Waals surface area contributed by atoms with Gasteiger partial charge in [0.15, 0.2) is 0 Å². The molecule has 0 N–H and O–H groups in total. The lowest BCUT2D eigenvalue weighted by atomic mass is 10.2. The van der Waals surface area contributed by atoms with Crippen LogP contribution in [0.3, 0.4) is 0 Å². The summed E-state index contributed by atoms with van der Waals surface area (Å²) in [6.07, 6.45) is 3.25. The number of hydrogen-bond donors (Lipinski definition) is 0. The number of nitriles is 1. The number of nitro groups is 1. The second-order valence-electron chi connectivity index (χ2n) is 4.43. The zero-order chi connectivity index (χ0) is 15.5. The molecule has 7 nitrogen and oxygen atoms in total. The maximum Gasteiger partial charge on any atom is 0.294 e. The van der Waals surface area contributed by atoms with Gasteiger partial charge in [-0.25, -0.2) is 4.68 Å². The second-order valence-corrected chi connectivity index (χ2v) is 4.43. The second kappa shape index (κ2) is 5.46. The molecule has 0 radical (unpaired) electrons. The van der Waals surface area contributed by atoms with E-state index in [1.165, 1.54) is 10.7 Å². The zero-order valence-electron chi connectivity index (χ0n) is 11.2. The van der Waals surface area contributed by atoms with Gasteiger partial charge in [-0.15, -0.1) is 0 Å². The molecule has 22 heavy (non-hydrogen) atoms. The summed E-state index contributed by atoms with van der Waals surface area (Å²) in [7, 11) is 0. The molecule has 0 fully saturated rings. The van der Waals surface area contributed by atoms with Crippen LogP contribution in [0.25, 0.3) is 16.9 Å². The lowest BCUT2D eigenvalue weighted by Crippen LogP contribution is -2.03. The maximum atomic E-state index is 11.1. The largest absolute Gasteiger partial charge is 0.294 e. The number of aromatic nitrogens is 3. The molecule has 0 atom stereocenters. The molecule has 7 heteroatoms. The highest BCUT2D eigenvalue weighted by Crippen LogP contribution is 2.26. The number of nitro benzene ring substituents is 1. The Morgan fingerprint density at radius 1 is 1.23 bits per heavy atom. The molecule has 1 aromatic carbocycles. The lowest BCUT2D eigenvalue weighted by Gasteiger charge is -2.03. The molecule has 0 aliphatic rings. The van der Waals surface area contributed by atoms with Gasteiger partial charge in [-0.3, -0.25) is 15.1 Å². The molecular weight excluding hydrogens is 282 g/mol. The standard InChI is InChI=1S/C15H9N5O2/c16-9-12-8-13(11-4-3-7-17-10-11)18-19(12)14-5-1-2-6-15(14)20(21)22/h1-8,10H. The van der Waals surface area contributed by atoms with Crippen molar-refractivity contribution in [2.24, 2.45) is 0 Å². The Bertz CT molecular complexity index is 880. The van der Waals surface area contributed by atoms with E-state index in [4.69, 9.17) is 0 Å². The molecule has 0 spiro atoms. The van der Waals surface area contributed by atoms with Gasteiger partial charge in [0.25, 0.3) is 5.69 Å². The summed E-state index contributed by atoms with van der Waals surface area (Å²) < 4.78 is 1.28. The minimum absolute atomic E-state index is 0.111. The van der Waals surface area contributed by atoms with E-state index >= 15 is 0 Å². The van der Waals surface area contributed by atoms with Gasteiger partial charge in [0.05, 0.1) is 10.6 Å². The van der Waals surface area contributed by atoms with Gasteiger partial charge in [-0.05, 0) is 18.2 Å². The van der Waals surface area contributed by atoms with Crippen LogP contribution in [0.4, 0.5) is 5.69 Å².